The molecule has 1 fully saturated rings. The van der Waals surface area contributed by atoms with E-state index in [4.69, 9.17) is 23.2 Å². The van der Waals surface area contributed by atoms with E-state index in [9.17, 15) is 18.3 Å². The molecule has 1 aliphatic carbocycles. The fourth-order valence-corrected chi connectivity index (χ4v) is 4.59. The summed E-state index contributed by atoms with van der Waals surface area (Å²) in [7, 11) is 1.67. The van der Waals surface area contributed by atoms with Gasteiger partial charge in [-0.2, -0.15) is 18.3 Å². The largest absolute Gasteiger partial charge is 0.858 e. The predicted octanol–water partition coefficient (Wildman–Crippen LogP) is 5.07. The van der Waals surface area contributed by atoms with Crippen molar-refractivity contribution < 1.29 is 18.3 Å². The summed E-state index contributed by atoms with van der Waals surface area (Å²) in [4.78, 5) is 7.91. The lowest BCUT2D eigenvalue weighted by Crippen LogP contribution is -2.29. The molecule has 0 amide bonds. The third kappa shape index (κ3) is 5.52. The Bertz CT molecular complexity index is 1190. The van der Waals surface area contributed by atoms with Crippen molar-refractivity contribution in [3.05, 3.63) is 51.9 Å². The number of hydrogen-bond donors (Lipinski definition) is 1. The number of anilines is 1. The second kappa shape index (κ2) is 9.38. The second-order valence-electron chi connectivity index (χ2n) is 8.24. The van der Waals surface area contributed by atoms with Gasteiger partial charge >= 0.3 is 6.18 Å². The van der Waals surface area contributed by atoms with Gasteiger partial charge in [-0.1, -0.05) is 29.6 Å². The maximum absolute atomic E-state index is 13.4. The first-order chi connectivity index (χ1) is 15.6. The van der Waals surface area contributed by atoms with Gasteiger partial charge in [0.2, 0.25) is 0 Å². The number of aromatic nitrogens is 3. The lowest BCUT2D eigenvalue weighted by atomic mass is 9.85. The molecule has 4 rings (SSSR count). The number of aliphatic imine (C=N–C) groups is 1. The number of nitrogens with one attached hydrogen (secondary N) is 1. The fraction of sp³-hybridized carbons (Fsp3) is 0.409. The van der Waals surface area contributed by atoms with Gasteiger partial charge in [0, 0.05) is 47.5 Å². The van der Waals surface area contributed by atoms with Crippen LogP contribution in [0.5, 0.6) is 0 Å². The Balaban J connectivity index is 1.52. The third-order valence-corrected chi connectivity index (χ3v) is 6.23. The number of pyridine rings is 1. The highest BCUT2D eigenvalue weighted by molar-refractivity contribution is 6.32. The lowest BCUT2D eigenvalue weighted by molar-refractivity contribution is -0.213. The summed E-state index contributed by atoms with van der Waals surface area (Å²) in [5.74, 6) is -0.304. The van der Waals surface area contributed by atoms with Gasteiger partial charge in [-0.05, 0) is 55.3 Å². The topological polar surface area (TPSA) is 78.2 Å². The van der Waals surface area contributed by atoms with Crippen LogP contribution < -0.4 is 10.4 Å². The summed E-state index contributed by atoms with van der Waals surface area (Å²) in [5, 5.41) is 20.6. The lowest BCUT2D eigenvalue weighted by Gasteiger charge is -2.30. The van der Waals surface area contributed by atoms with Gasteiger partial charge in [-0.25, -0.2) is 4.98 Å². The molecular weight excluding hydrogens is 478 g/mol. The number of hydrogen-bond acceptors (Lipinski definition) is 5. The summed E-state index contributed by atoms with van der Waals surface area (Å²) >= 11 is 12.0. The van der Waals surface area contributed by atoms with E-state index in [1.54, 1.807) is 13.1 Å². The Morgan fingerprint density at radius 3 is 2.76 bits per heavy atom. The number of alkyl halides is 3. The molecule has 3 aromatic rings. The van der Waals surface area contributed by atoms with Crippen LogP contribution in [0.4, 0.5) is 18.9 Å². The molecule has 1 aliphatic rings. The highest BCUT2D eigenvalue weighted by Crippen LogP contribution is 2.36. The first-order valence-corrected chi connectivity index (χ1v) is 11.2. The molecule has 33 heavy (non-hydrogen) atoms. The van der Waals surface area contributed by atoms with E-state index in [-0.39, 0.29) is 28.2 Å². The zero-order chi connectivity index (χ0) is 23.8. The third-order valence-electron chi connectivity index (χ3n) is 5.71. The quantitative estimate of drug-likeness (QED) is 0.393. The maximum Gasteiger partial charge on any atom is 0.433 e. The van der Waals surface area contributed by atoms with Crippen molar-refractivity contribution in [2.24, 2.45) is 18.0 Å². The Morgan fingerprint density at radius 2 is 2.06 bits per heavy atom. The molecule has 0 saturated heterocycles. The smallest absolute Gasteiger partial charge is 0.433 e. The predicted molar refractivity (Wildman–Crippen MR) is 121 cm³/mol. The fourth-order valence-electron chi connectivity index (χ4n) is 4.17. The average molecular weight is 499 g/mol. The van der Waals surface area contributed by atoms with E-state index in [2.05, 4.69) is 20.4 Å². The molecule has 1 N–H and O–H groups in total. The average Bonchev–Trinajstić information content (AvgIpc) is 3.10. The van der Waals surface area contributed by atoms with Crippen LogP contribution in [-0.4, -0.2) is 33.2 Å². The first-order valence-electron chi connectivity index (χ1n) is 10.4. The Hall–Kier alpha value is -2.52. The minimum absolute atomic E-state index is 0.0679. The number of nitrogens with zero attached hydrogens (tertiary/aromatic N) is 4. The zero-order valence-electron chi connectivity index (χ0n) is 17.7. The zero-order valence-corrected chi connectivity index (χ0v) is 19.2. The number of benzene rings is 1. The SMILES string of the molecule is Cn1cc(C([O-])=NCC2CCC[C@H](Nc3cc(C(F)(F)F)nc4ccc(Cl)cc34)C2)c(Cl)n1. The van der Waals surface area contributed by atoms with Crippen molar-refractivity contribution in [1.29, 1.82) is 0 Å². The van der Waals surface area contributed by atoms with E-state index in [0.717, 1.165) is 25.3 Å². The van der Waals surface area contributed by atoms with Crippen molar-refractivity contribution in [2.45, 2.75) is 37.9 Å². The maximum atomic E-state index is 13.4. The number of fused-ring (bicyclic) bond motifs is 1. The van der Waals surface area contributed by atoms with E-state index in [1.807, 2.05) is 0 Å². The van der Waals surface area contributed by atoms with E-state index in [0.29, 0.717) is 29.1 Å². The molecule has 2 heterocycles. The van der Waals surface area contributed by atoms with Gasteiger partial charge in [0.15, 0.2) is 5.15 Å². The Kier molecular flexibility index (Phi) is 6.72. The monoisotopic (exact) mass is 498 g/mol. The highest BCUT2D eigenvalue weighted by Gasteiger charge is 2.34. The van der Waals surface area contributed by atoms with Gasteiger partial charge in [0.1, 0.15) is 5.69 Å². The van der Waals surface area contributed by atoms with Gasteiger partial charge in [-0.15, -0.1) is 0 Å². The molecule has 0 radical (unpaired) electrons. The number of halogens is 5. The first kappa shape index (κ1) is 23.6. The van der Waals surface area contributed by atoms with E-state index >= 15 is 0 Å². The Labute approximate surface area is 198 Å². The summed E-state index contributed by atoms with van der Waals surface area (Å²) in [6, 6.07) is 5.57. The number of aryl methyl sites for hydroxylation is 1. The van der Waals surface area contributed by atoms with Gasteiger partial charge in [0.05, 0.1) is 5.52 Å². The van der Waals surface area contributed by atoms with Crippen LogP contribution in [0.1, 0.15) is 36.9 Å². The molecule has 1 aromatic carbocycles. The van der Waals surface area contributed by atoms with Crippen LogP contribution in [0.25, 0.3) is 10.9 Å². The van der Waals surface area contributed by atoms with E-state index < -0.39 is 17.8 Å². The van der Waals surface area contributed by atoms with Crippen molar-refractivity contribution in [1.82, 2.24) is 14.8 Å². The van der Waals surface area contributed by atoms with Crippen LogP contribution in [0, 0.1) is 5.92 Å². The van der Waals surface area contributed by atoms with Crippen LogP contribution >= 0.6 is 23.2 Å². The molecular formula is C22H21Cl2F3N5O-. The van der Waals surface area contributed by atoms with Crippen molar-refractivity contribution in [3.63, 3.8) is 0 Å². The van der Waals surface area contributed by atoms with E-state index in [1.165, 1.54) is 23.0 Å². The summed E-state index contributed by atoms with van der Waals surface area (Å²) in [6.45, 7) is 0.318. The molecule has 0 spiro atoms. The molecule has 0 aliphatic heterocycles. The van der Waals surface area contributed by atoms with Crippen LogP contribution in [-0.2, 0) is 13.2 Å². The summed E-state index contributed by atoms with van der Waals surface area (Å²) in [6.07, 6.45) is 0.180. The highest BCUT2D eigenvalue weighted by atomic mass is 35.5. The molecule has 1 unspecified atom stereocenters. The normalized spacial score (nSPS) is 19.8. The molecule has 176 valence electrons. The van der Waals surface area contributed by atoms with Crippen molar-refractivity contribution in [2.75, 3.05) is 11.9 Å². The molecule has 2 aromatic heterocycles. The molecule has 0 bridgehead atoms. The molecule has 2 atom stereocenters. The Morgan fingerprint density at radius 1 is 1.27 bits per heavy atom. The summed E-state index contributed by atoms with van der Waals surface area (Å²) in [5.41, 5.74) is -0.140. The van der Waals surface area contributed by atoms with Crippen LogP contribution in [0.3, 0.4) is 0 Å². The van der Waals surface area contributed by atoms with Gasteiger partial charge in [-0.3, -0.25) is 4.68 Å². The molecule has 11 heteroatoms. The van der Waals surface area contributed by atoms with Gasteiger partial charge in [0.25, 0.3) is 0 Å². The van der Waals surface area contributed by atoms with Crippen LogP contribution in [0.15, 0.2) is 35.5 Å². The van der Waals surface area contributed by atoms with Crippen molar-refractivity contribution in [3.8, 4) is 0 Å². The summed E-state index contributed by atoms with van der Waals surface area (Å²) < 4.78 is 41.6. The standard InChI is InChI=1S/C22H22Cl2F3N5O/c1-32-11-16(20(24)31-32)21(33)28-10-12-3-2-4-14(7-12)29-18-9-19(22(25,26)27)30-17-6-5-13(23)8-15(17)18/h5-6,8-9,11-12,14H,2-4,7,10H2,1H3,(H,28,33)(H,29,30)/p-1/t12?,14-/m0/s1. The molecule has 1 saturated carbocycles. The minimum atomic E-state index is -4.56. The molecule has 6 nitrogen and oxygen atoms in total. The van der Waals surface area contributed by atoms with Crippen LogP contribution in [0.2, 0.25) is 10.2 Å². The van der Waals surface area contributed by atoms with Gasteiger partial charge < -0.3 is 15.4 Å². The second-order valence-corrected chi connectivity index (χ2v) is 9.04. The number of rotatable bonds is 5. The minimum Gasteiger partial charge on any atom is -0.858 e. The van der Waals surface area contributed by atoms with Crippen molar-refractivity contribution >= 4 is 45.7 Å².